The number of carbonyl (C=O) groups is 2. The highest BCUT2D eigenvalue weighted by Crippen LogP contribution is 2.32. The summed E-state index contributed by atoms with van der Waals surface area (Å²) in [6, 6.07) is 3.98. The molecule has 220 valence electrons. The maximum Gasteiger partial charge on any atom is 0.414 e. The number of aliphatic imine (C=N–C) groups is 1. The van der Waals surface area contributed by atoms with Crippen LogP contribution in [0, 0.1) is 13.8 Å². The lowest BCUT2D eigenvalue weighted by Gasteiger charge is -2.29. The summed E-state index contributed by atoms with van der Waals surface area (Å²) < 4.78 is 11.1. The molecule has 0 aromatic heterocycles. The van der Waals surface area contributed by atoms with Crippen LogP contribution in [0.15, 0.2) is 52.7 Å². The van der Waals surface area contributed by atoms with E-state index in [9.17, 15) is 9.59 Å². The molecule has 8 heteroatoms. The van der Waals surface area contributed by atoms with E-state index in [1.807, 2.05) is 80.5 Å². The number of nitrogens with zero attached hydrogens (tertiary/aromatic N) is 2. The van der Waals surface area contributed by atoms with Crippen molar-refractivity contribution in [1.29, 1.82) is 0 Å². The van der Waals surface area contributed by atoms with Crippen molar-refractivity contribution in [1.82, 2.24) is 5.32 Å². The molecule has 1 aliphatic carbocycles. The van der Waals surface area contributed by atoms with E-state index in [2.05, 4.69) is 11.9 Å². The molecule has 0 saturated carbocycles. The number of alkyl carbamates (subject to hydrolysis) is 1. The van der Waals surface area contributed by atoms with Crippen LogP contribution in [0.4, 0.5) is 21.0 Å². The highest BCUT2D eigenvalue weighted by molar-refractivity contribution is 6.13. The number of unbranched alkanes of at least 4 members (excludes halogenated alkanes) is 3. The number of carbonyl (C=O) groups excluding carboxylic acids is 2. The molecule has 2 amide bonds. The molecule has 40 heavy (non-hydrogen) atoms. The van der Waals surface area contributed by atoms with E-state index in [-0.39, 0.29) is 6.09 Å². The van der Waals surface area contributed by atoms with Crippen molar-refractivity contribution < 1.29 is 19.1 Å². The van der Waals surface area contributed by atoms with Gasteiger partial charge in [0.05, 0.1) is 17.1 Å². The fourth-order valence-corrected chi connectivity index (χ4v) is 4.11. The Morgan fingerprint density at radius 3 is 2.15 bits per heavy atom. The lowest BCUT2D eigenvalue weighted by Crippen LogP contribution is -2.38. The third kappa shape index (κ3) is 10.3. The predicted octanol–water partition coefficient (Wildman–Crippen LogP) is 7.56. The predicted molar refractivity (Wildman–Crippen MR) is 164 cm³/mol. The number of nitrogens with two attached hydrogens (primary N) is 1. The first-order valence-corrected chi connectivity index (χ1v) is 14.0. The van der Waals surface area contributed by atoms with Crippen LogP contribution in [0.1, 0.15) is 85.3 Å². The van der Waals surface area contributed by atoms with Gasteiger partial charge in [0.2, 0.25) is 0 Å². The van der Waals surface area contributed by atoms with Crippen LogP contribution in [-0.4, -0.2) is 42.2 Å². The van der Waals surface area contributed by atoms with Crippen molar-refractivity contribution in [2.24, 2.45) is 10.7 Å². The number of allylic oxidation sites excluding steroid dienone is 4. The molecule has 0 fully saturated rings. The number of ether oxygens (including phenoxy) is 2. The number of amides is 2. The van der Waals surface area contributed by atoms with Gasteiger partial charge in [-0.2, -0.15) is 0 Å². The maximum absolute atomic E-state index is 13.2. The molecule has 3 N–H and O–H groups in total. The maximum atomic E-state index is 13.2. The van der Waals surface area contributed by atoms with Crippen LogP contribution in [0.5, 0.6) is 0 Å². The second-order valence-electron chi connectivity index (χ2n) is 12.3. The van der Waals surface area contributed by atoms with E-state index in [0.29, 0.717) is 30.1 Å². The van der Waals surface area contributed by atoms with Gasteiger partial charge in [-0.1, -0.05) is 19.4 Å². The van der Waals surface area contributed by atoms with Crippen LogP contribution in [-0.2, 0) is 9.47 Å². The summed E-state index contributed by atoms with van der Waals surface area (Å²) in [4.78, 5) is 32.1. The quantitative estimate of drug-likeness (QED) is 0.307. The SMILES string of the molecule is C=C1C=C(NC(=O)OC(C)(C)C)C(C)=CC1=Nc1cc(C)c(N(CCCCCCN)C(=O)OC(C)(C)C)cc1C. The molecule has 0 spiro atoms. The summed E-state index contributed by atoms with van der Waals surface area (Å²) in [5.41, 5.74) is 10.7. The Morgan fingerprint density at radius 2 is 1.55 bits per heavy atom. The van der Waals surface area contributed by atoms with Gasteiger partial charge in [0, 0.05) is 12.2 Å². The molecular weight excluding hydrogens is 504 g/mol. The monoisotopic (exact) mass is 552 g/mol. The van der Waals surface area contributed by atoms with Crippen molar-refractivity contribution in [2.45, 2.75) is 99.2 Å². The molecular formula is C32H48N4O4. The summed E-state index contributed by atoms with van der Waals surface area (Å²) in [5, 5.41) is 2.80. The number of hydrogen-bond donors (Lipinski definition) is 2. The van der Waals surface area contributed by atoms with Gasteiger partial charge in [0.1, 0.15) is 11.2 Å². The van der Waals surface area contributed by atoms with Crippen molar-refractivity contribution in [3.05, 3.63) is 58.8 Å². The normalized spacial score (nSPS) is 14.9. The van der Waals surface area contributed by atoms with Crippen LogP contribution < -0.4 is 16.0 Å². The Labute approximate surface area is 240 Å². The minimum atomic E-state index is -0.597. The number of nitrogens with one attached hydrogen (secondary N) is 1. The minimum Gasteiger partial charge on any atom is -0.444 e. The fraction of sp³-hybridized carbons (Fsp3) is 0.531. The smallest absolute Gasteiger partial charge is 0.414 e. The molecule has 0 saturated heterocycles. The third-order valence-corrected chi connectivity index (χ3v) is 6.06. The van der Waals surface area contributed by atoms with Crippen LogP contribution in [0.3, 0.4) is 0 Å². The van der Waals surface area contributed by atoms with E-state index in [4.69, 9.17) is 20.2 Å². The first-order chi connectivity index (χ1) is 18.5. The van der Waals surface area contributed by atoms with Crippen molar-refractivity contribution in [3.8, 4) is 0 Å². The van der Waals surface area contributed by atoms with E-state index in [1.165, 1.54) is 0 Å². The lowest BCUT2D eigenvalue weighted by atomic mass is 9.99. The van der Waals surface area contributed by atoms with E-state index >= 15 is 0 Å². The van der Waals surface area contributed by atoms with E-state index in [0.717, 1.165) is 53.8 Å². The molecule has 0 heterocycles. The van der Waals surface area contributed by atoms with E-state index < -0.39 is 17.3 Å². The number of benzene rings is 1. The van der Waals surface area contributed by atoms with Gasteiger partial charge in [0.15, 0.2) is 0 Å². The van der Waals surface area contributed by atoms with Gasteiger partial charge < -0.3 is 15.2 Å². The number of hydrogen-bond acceptors (Lipinski definition) is 6. The average molecular weight is 553 g/mol. The molecule has 1 aliphatic rings. The molecule has 1 aromatic rings. The van der Waals surface area contributed by atoms with Gasteiger partial charge in [0.25, 0.3) is 0 Å². The minimum absolute atomic E-state index is 0.359. The Balaban J connectivity index is 2.31. The summed E-state index contributed by atoms with van der Waals surface area (Å²) in [6.45, 7) is 22.3. The van der Waals surface area contributed by atoms with Gasteiger partial charge in [-0.3, -0.25) is 10.2 Å². The first-order valence-electron chi connectivity index (χ1n) is 14.0. The molecule has 2 rings (SSSR count). The van der Waals surface area contributed by atoms with Crippen LogP contribution in [0.2, 0.25) is 0 Å². The highest BCUT2D eigenvalue weighted by Gasteiger charge is 2.25. The number of anilines is 1. The Kier molecular flexibility index (Phi) is 11.3. The van der Waals surface area contributed by atoms with E-state index in [1.54, 1.807) is 11.0 Å². The van der Waals surface area contributed by atoms with Crippen LogP contribution >= 0.6 is 0 Å². The fourth-order valence-electron chi connectivity index (χ4n) is 4.11. The topological polar surface area (TPSA) is 106 Å². The highest BCUT2D eigenvalue weighted by atomic mass is 16.6. The summed E-state index contributed by atoms with van der Waals surface area (Å²) in [6.07, 6.45) is 6.68. The molecule has 0 bridgehead atoms. The largest absolute Gasteiger partial charge is 0.444 e. The van der Waals surface area contributed by atoms with Crippen LogP contribution in [0.25, 0.3) is 0 Å². The summed E-state index contributed by atoms with van der Waals surface area (Å²) >= 11 is 0. The molecule has 8 nitrogen and oxygen atoms in total. The molecule has 0 aliphatic heterocycles. The Hall–Kier alpha value is -3.39. The lowest BCUT2D eigenvalue weighted by molar-refractivity contribution is 0.0543. The first kappa shape index (κ1) is 32.8. The molecule has 0 unspecified atom stereocenters. The zero-order valence-corrected chi connectivity index (χ0v) is 25.9. The standard InChI is InChI=1S/C32H48N4O4/c1-21-18-27(35-29(37)39-31(5,6)7)22(2)17-25(21)34-26-19-24(4)28(20-23(26)3)36(16-14-12-11-13-15-33)30(38)40-32(8,9)10/h17-20H,1,11-16,33H2,2-10H3,(H,35,37). The zero-order chi connectivity index (χ0) is 30.3. The number of rotatable bonds is 9. The van der Waals surface area contributed by atoms with Crippen molar-refractivity contribution in [3.63, 3.8) is 0 Å². The van der Waals surface area contributed by atoms with Gasteiger partial charge >= 0.3 is 12.2 Å². The Bertz CT molecular complexity index is 1200. The second kappa shape index (κ2) is 13.8. The van der Waals surface area contributed by atoms with Gasteiger partial charge in [-0.05, 0) is 128 Å². The van der Waals surface area contributed by atoms with Crippen molar-refractivity contribution in [2.75, 3.05) is 18.0 Å². The molecule has 1 aromatic carbocycles. The molecule has 0 radical (unpaired) electrons. The molecule has 0 atom stereocenters. The second-order valence-corrected chi connectivity index (χ2v) is 12.3. The average Bonchev–Trinajstić information content (AvgIpc) is 2.79. The summed E-state index contributed by atoms with van der Waals surface area (Å²) in [5.74, 6) is 0. The van der Waals surface area contributed by atoms with Gasteiger partial charge in [-0.15, -0.1) is 0 Å². The third-order valence-electron chi connectivity index (χ3n) is 6.06. The zero-order valence-electron chi connectivity index (χ0n) is 25.9. The Morgan fingerprint density at radius 1 is 0.925 bits per heavy atom. The van der Waals surface area contributed by atoms with Crippen molar-refractivity contribution >= 4 is 29.3 Å². The number of aryl methyl sites for hydroxylation is 2. The van der Waals surface area contributed by atoms with Gasteiger partial charge in [-0.25, -0.2) is 14.6 Å². The summed E-state index contributed by atoms with van der Waals surface area (Å²) in [7, 11) is 0.